The van der Waals surface area contributed by atoms with Crippen molar-refractivity contribution in [3.05, 3.63) is 0 Å². The fourth-order valence-electron chi connectivity index (χ4n) is 7.32. The molecule has 1 aliphatic heterocycles. The van der Waals surface area contributed by atoms with Crippen LogP contribution in [0.4, 0.5) is 0 Å². The zero-order chi connectivity index (χ0) is 16.2. The van der Waals surface area contributed by atoms with Gasteiger partial charge in [0.1, 0.15) is 0 Å². The normalized spacial score (nSPS) is 56.9. The van der Waals surface area contributed by atoms with E-state index in [1.807, 2.05) is 13.8 Å². The molecule has 23 heavy (non-hydrogen) atoms. The van der Waals surface area contributed by atoms with Crippen molar-refractivity contribution >= 4 is 0 Å². The lowest BCUT2D eigenvalue weighted by Crippen LogP contribution is -2.49. The summed E-state index contributed by atoms with van der Waals surface area (Å²) in [5.74, 6) is 4.64. The summed E-state index contributed by atoms with van der Waals surface area (Å²) in [5.41, 5.74) is 0.803. The first-order chi connectivity index (χ1) is 11.1. The summed E-state index contributed by atoms with van der Waals surface area (Å²) >= 11 is 0. The van der Waals surface area contributed by atoms with Crippen molar-refractivity contribution in [1.29, 1.82) is 0 Å². The van der Waals surface area contributed by atoms with Gasteiger partial charge < -0.3 is 9.84 Å². The summed E-state index contributed by atoms with van der Waals surface area (Å²) in [4.78, 5) is 0. The lowest BCUT2D eigenvalue weighted by Gasteiger charge is -2.55. The number of aliphatic hydroxyl groups excluding tert-OH is 1. The molecular weight excluding hydrogens is 284 g/mol. The Hall–Kier alpha value is -0.0800. The molecule has 0 amide bonds. The maximum Gasteiger partial charge on any atom is 0.0972 e. The predicted octanol–water partition coefficient (Wildman–Crippen LogP) is 4.80. The zero-order valence-corrected chi connectivity index (χ0v) is 15.4. The SMILES string of the molecule is CC.C[C@@]12C[C@@H]3CC[C@@H]4C[C@H](O)CC[C@@H]4[C@H]3C[C@H]1CC[C@]21CO1. The van der Waals surface area contributed by atoms with Gasteiger partial charge >= 0.3 is 0 Å². The van der Waals surface area contributed by atoms with E-state index in [1.165, 1.54) is 44.9 Å². The van der Waals surface area contributed by atoms with E-state index >= 15 is 0 Å². The quantitative estimate of drug-likeness (QED) is 0.651. The number of fused-ring (bicyclic) bond motifs is 5. The first kappa shape index (κ1) is 16.4. The van der Waals surface area contributed by atoms with Crippen LogP contribution >= 0.6 is 0 Å². The topological polar surface area (TPSA) is 32.8 Å². The highest BCUT2D eigenvalue weighted by molar-refractivity contribution is 5.16. The molecule has 4 saturated carbocycles. The van der Waals surface area contributed by atoms with E-state index < -0.39 is 0 Å². The number of rotatable bonds is 0. The van der Waals surface area contributed by atoms with Crippen LogP contribution < -0.4 is 0 Å². The van der Waals surface area contributed by atoms with E-state index in [2.05, 4.69) is 6.92 Å². The van der Waals surface area contributed by atoms with Gasteiger partial charge in [0.05, 0.1) is 18.3 Å². The minimum absolute atomic E-state index is 0.00581. The van der Waals surface area contributed by atoms with Crippen molar-refractivity contribution in [3.63, 3.8) is 0 Å². The molecule has 5 fully saturated rings. The summed E-state index contributed by atoms with van der Waals surface area (Å²) in [6.45, 7) is 7.61. The van der Waals surface area contributed by atoms with Gasteiger partial charge in [-0.3, -0.25) is 0 Å². The summed E-state index contributed by atoms with van der Waals surface area (Å²) in [6.07, 6.45) is 12.0. The first-order valence-corrected chi connectivity index (χ1v) is 10.4. The van der Waals surface area contributed by atoms with Gasteiger partial charge in [-0.15, -0.1) is 0 Å². The summed E-state index contributed by atoms with van der Waals surface area (Å²) in [5, 5.41) is 10.00. The van der Waals surface area contributed by atoms with Crippen molar-refractivity contribution in [2.45, 2.75) is 90.3 Å². The van der Waals surface area contributed by atoms with Crippen molar-refractivity contribution < 1.29 is 9.84 Å². The van der Waals surface area contributed by atoms with Crippen LogP contribution in [0.3, 0.4) is 0 Å². The Balaban J connectivity index is 0.000000652. The molecule has 0 aromatic heterocycles. The Labute approximate surface area is 142 Å². The maximum atomic E-state index is 10.00. The molecule has 5 rings (SSSR count). The molecule has 2 nitrogen and oxygen atoms in total. The molecule has 0 aromatic rings. The molecule has 0 bridgehead atoms. The maximum absolute atomic E-state index is 10.00. The number of epoxide rings is 1. The lowest BCUT2D eigenvalue weighted by molar-refractivity contribution is -0.0719. The van der Waals surface area contributed by atoms with Crippen LogP contribution in [-0.4, -0.2) is 23.4 Å². The second kappa shape index (κ2) is 5.73. The van der Waals surface area contributed by atoms with Crippen LogP contribution in [0.2, 0.25) is 0 Å². The Bertz CT molecular complexity index is 443. The molecule has 0 aromatic carbocycles. The molecule has 0 radical (unpaired) electrons. The summed E-state index contributed by atoms with van der Waals surface area (Å²) in [7, 11) is 0. The van der Waals surface area contributed by atoms with Crippen LogP contribution in [0.25, 0.3) is 0 Å². The van der Waals surface area contributed by atoms with Gasteiger partial charge in [0, 0.05) is 5.41 Å². The van der Waals surface area contributed by atoms with E-state index in [1.54, 1.807) is 0 Å². The van der Waals surface area contributed by atoms with Crippen molar-refractivity contribution in [1.82, 2.24) is 0 Å². The van der Waals surface area contributed by atoms with Crippen LogP contribution in [0, 0.1) is 35.0 Å². The van der Waals surface area contributed by atoms with Gasteiger partial charge in [0.15, 0.2) is 0 Å². The van der Waals surface area contributed by atoms with E-state index in [9.17, 15) is 5.11 Å². The first-order valence-electron chi connectivity index (χ1n) is 10.4. The van der Waals surface area contributed by atoms with Crippen molar-refractivity contribution in [2.24, 2.45) is 35.0 Å². The second-order valence-electron chi connectivity index (χ2n) is 9.27. The van der Waals surface area contributed by atoms with E-state index in [-0.39, 0.29) is 6.10 Å². The highest BCUT2D eigenvalue weighted by Crippen LogP contribution is 2.68. The van der Waals surface area contributed by atoms with Crippen LogP contribution in [0.15, 0.2) is 0 Å². The van der Waals surface area contributed by atoms with Gasteiger partial charge in [0.2, 0.25) is 0 Å². The smallest absolute Gasteiger partial charge is 0.0972 e. The Morgan fingerprint density at radius 3 is 2.39 bits per heavy atom. The Kier molecular flexibility index (Phi) is 4.08. The third-order valence-corrected chi connectivity index (χ3v) is 8.65. The molecule has 1 heterocycles. The zero-order valence-electron chi connectivity index (χ0n) is 15.4. The van der Waals surface area contributed by atoms with Crippen LogP contribution in [0.5, 0.6) is 0 Å². The number of hydrogen-bond acceptors (Lipinski definition) is 2. The average Bonchev–Trinajstić information content (AvgIpc) is 3.30. The van der Waals surface area contributed by atoms with Gasteiger partial charge in [-0.05, 0) is 87.4 Å². The van der Waals surface area contributed by atoms with Gasteiger partial charge in [0.25, 0.3) is 0 Å². The number of hydrogen-bond donors (Lipinski definition) is 1. The second-order valence-corrected chi connectivity index (χ2v) is 9.27. The van der Waals surface area contributed by atoms with Gasteiger partial charge in [-0.25, -0.2) is 0 Å². The molecule has 1 N–H and O–H groups in total. The van der Waals surface area contributed by atoms with Crippen molar-refractivity contribution in [3.8, 4) is 0 Å². The van der Waals surface area contributed by atoms with Crippen LogP contribution in [0.1, 0.15) is 78.6 Å². The fraction of sp³-hybridized carbons (Fsp3) is 1.00. The van der Waals surface area contributed by atoms with Crippen molar-refractivity contribution in [2.75, 3.05) is 6.61 Å². The molecule has 5 aliphatic rings. The molecule has 8 atom stereocenters. The fourth-order valence-corrected chi connectivity index (χ4v) is 7.32. The minimum Gasteiger partial charge on any atom is -0.393 e. The third-order valence-electron chi connectivity index (χ3n) is 8.65. The number of ether oxygens (including phenoxy) is 1. The Morgan fingerprint density at radius 1 is 0.913 bits per heavy atom. The average molecular weight is 321 g/mol. The van der Waals surface area contributed by atoms with Gasteiger partial charge in [-0.2, -0.15) is 0 Å². The minimum atomic E-state index is 0.00581. The standard InChI is InChI=1S/C19H30O2.C2H6/c1-18-10-13-3-2-12-8-15(20)4-5-16(12)17(13)9-14(18)6-7-19(18)11-21-19;1-2/h12-17,20H,2-11H2,1H3;1-2H3/t12-,13+,14-,15-,16+,17+,18-,19+;/m1./s1. The monoisotopic (exact) mass is 320 g/mol. The van der Waals surface area contributed by atoms with E-state index in [0.717, 1.165) is 49.0 Å². The summed E-state index contributed by atoms with van der Waals surface area (Å²) < 4.78 is 6.00. The molecule has 0 unspecified atom stereocenters. The molecule has 132 valence electrons. The Morgan fingerprint density at radius 2 is 1.65 bits per heavy atom. The molecule has 1 spiro atoms. The molecule has 2 heteroatoms. The third kappa shape index (κ3) is 2.34. The van der Waals surface area contributed by atoms with Gasteiger partial charge in [-0.1, -0.05) is 20.8 Å². The largest absolute Gasteiger partial charge is 0.393 e. The highest BCUT2D eigenvalue weighted by atomic mass is 16.6. The molecule has 4 aliphatic carbocycles. The van der Waals surface area contributed by atoms with Crippen LogP contribution in [-0.2, 0) is 4.74 Å². The molecule has 1 saturated heterocycles. The summed E-state index contributed by atoms with van der Waals surface area (Å²) in [6, 6.07) is 0. The number of aliphatic hydroxyl groups is 1. The van der Waals surface area contributed by atoms with E-state index in [0.29, 0.717) is 11.0 Å². The lowest BCUT2D eigenvalue weighted by atomic mass is 9.50. The molecular formula is C21H36O2. The highest BCUT2D eigenvalue weighted by Gasteiger charge is 2.68. The van der Waals surface area contributed by atoms with E-state index in [4.69, 9.17) is 4.74 Å². The predicted molar refractivity (Wildman–Crippen MR) is 93.1 cm³/mol.